The van der Waals surface area contributed by atoms with Gasteiger partial charge in [0, 0.05) is 6.61 Å². The van der Waals surface area contributed by atoms with Crippen LogP contribution in [0.5, 0.6) is 5.75 Å². The molecule has 1 N–H and O–H groups in total. The molecule has 0 amide bonds. The quantitative estimate of drug-likeness (QED) is 0.849. The third-order valence-corrected chi connectivity index (χ3v) is 3.78. The fourth-order valence-corrected chi connectivity index (χ4v) is 2.68. The van der Waals surface area contributed by atoms with Crippen molar-refractivity contribution in [3.8, 4) is 5.75 Å². The van der Waals surface area contributed by atoms with Crippen LogP contribution < -0.4 is 10.1 Å². The molecule has 6 heteroatoms. The van der Waals surface area contributed by atoms with Gasteiger partial charge in [0.1, 0.15) is 6.33 Å². The van der Waals surface area contributed by atoms with E-state index in [1.165, 1.54) is 19.2 Å². The minimum absolute atomic E-state index is 0.289. The maximum Gasteiger partial charge on any atom is 0.198 e. The first-order chi connectivity index (χ1) is 8.79. The fourth-order valence-electron chi connectivity index (χ4n) is 2.47. The van der Waals surface area contributed by atoms with Gasteiger partial charge in [-0.3, -0.25) is 0 Å². The molecule has 1 aromatic rings. The van der Waals surface area contributed by atoms with Crippen LogP contribution in [0.15, 0.2) is 6.33 Å². The second-order valence-corrected chi connectivity index (χ2v) is 5.12. The van der Waals surface area contributed by atoms with Crippen molar-refractivity contribution in [2.75, 3.05) is 19.0 Å². The zero-order chi connectivity index (χ0) is 12.5. The number of hydrogen-bond acceptors (Lipinski definition) is 5. The van der Waals surface area contributed by atoms with Gasteiger partial charge in [0.2, 0.25) is 0 Å². The van der Waals surface area contributed by atoms with Gasteiger partial charge in [-0.25, -0.2) is 9.97 Å². The third-order valence-electron chi connectivity index (χ3n) is 3.51. The van der Waals surface area contributed by atoms with Crippen LogP contribution in [0.2, 0.25) is 5.15 Å². The summed E-state index contributed by atoms with van der Waals surface area (Å²) in [7, 11) is 1.57. The highest BCUT2D eigenvalue weighted by Gasteiger charge is 2.41. The van der Waals surface area contributed by atoms with Crippen molar-refractivity contribution in [1.82, 2.24) is 9.97 Å². The average molecular weight is 270 g/mol. The minimum Gasteiger partial charge on any atom is -0.490 e. The van der Waals surface area contributed by atoms with E-state index in [1.54, 1.807) is 7.11 Å². The van der Waals surface area contributed by atoms with Crippen molar-refractivity contribution in [3.05, 3.63) is 11.5 Å². The van der Waals surface area contributed by atoms with Gasteiger partial charge in [-0.1, -0.05) is 11.6 Å². The minimum atomic E-state index is 0.289. The van der Waals surface area contributed by atoms with Gasteiger partial charge in [0.25, 0.3) is 0 Å². The lowest BCUT2D eigenvalue weighted by Gasteiger charge is -2.21. The Hall–Kier alpha value is -1.07. The van der Waals surface area contributed by atoms with Crippen LogP contribution >= 0.6 is 11.6 Å². The summed E-state index contributed by atoms with van der Waals surface area (Å²) in [4.78, 5) is 8.11. The zero-order valence-corrected chi connectivity index (χ0v) is 11.0. The van der Waals surface area contributed by atoms with Gasteiger partial charge >= 0.3 is 0 Å². The number of aromatic nitrogens is 2. The Morgan fingerprint density at radius 1 is 1.39 bits per heavy atom. The smallest absolute Gasteiger partial charge is 0.198 e. The lowest BCUT2D eigenvalue weighted by Crippen LogP contribution is -2.31. The Kier molecular flexibility index (Phi) is 3.26. The summed E-state index contributed by atoms with van der Waals surface area (Å²) in [6, 6.07) is 0.289. The molecule has 1 aliphatic heterocycles. The Labute approximate surface area is 111 Å². The first-order valence-electron chi connectivity index (χ1n) is 6.22. The van der Waals surface area contributed by atoms with Crippen molar-refractivity contribution in [3.63, 3.8) is 0 Å². The van der Waals surface area contributed by atoms with E-state index in [9.17, 15) is 0 Å². The lowest BCUT2D eigenvalue weighted by atomic mass is 10.1. The highest BCUT2D eigenvalue weighted by atomic mass is 35.5. The number of nitrogens with one attached hydrogen (secondary N) is 1. The molecule has 1 saturated heterocycles. The van der Waals surface area contributed by atoms with Crippen LogP contribution in [0.25, 0.3) is 0 Å². The van der Waals surface area contributed by atoms with E-state index in [0.717, 1.165) is 13.0 Å². The summed E-state index contributed by atoms with van der Waals surface area (Å²) in [6.07, 6.45) is 5.26. The molecule has 0 radical (unpaired) electrons. The summed E-state index contributed by atoms with van der Waals surface area (Å²) < 4.78 is 11.0. The maximum absolute atomic E-state index is 5.98. The molecule has 2 fully saturated rings. The first-order valence-corrected chi connectivity index (χ1v) is 6.60. The second-order valence-electron chi connectivity index (χ2n) is 4.76. The van der Waals surface area contributed by atoms with Crippen LogP contribution in [0, 0.1) is 5.92 Å². The van der Waals surface area contributed by atoms with Crippen LogP contribution in [-0.4, -0.2) is 35.8 Å². The van der Waals surface area contributed by atoms with Gasteiger partial charge in [-0.05, 0) is 25.2 Å². The molecule has 3 rings (SSSR count). The van der Waals surface area contributed by atoms with E-state index < -0.39 is 0 Å². The van der Waals surface area contributed by atoms with Gasteiger partial charge in [0.15, 0.2) is 16.7 Å². The number of hydrogen-bond donors (Lipinski definition) is 1. The first kappa shape index (κ1) is 12.0. The summed E-state index contributed by atoms with van der Waals surface area (Å²) in [5, 5.41) is 3.72. The van der Waals surface area contributed by atoms with Gasteiger partial charge < -0.3 is 14.8 Å². The molecular formula is C12H16ClN3O2. The molecule has 0 spiro atoms. The normalized spacial score (nSPS) is 27.2. The Bertz CT molecular complexity index is 439. The molecule has 1 saturated carbocycles. The van der Waals surface area contributed by atoms with E-state index in [1.807, 2.05) is 0 Å². The fraction of sp³-hybridized carbons (Fsp3) is 0.667. The molecule has 18 heavy (non-hydrogen) atoms. The largest absolute Gasteiger partial charge is 0.490 e. The van der Waals surface area contributed by atoms with Crippen molar-refractivity contribution < 1.29 is 9.47 Å². The predicted molar refractivity (Wildman–Crippen MR) is 68.1 cm³/mol. The molecular weight excluding hydrogens is 254 g/mol. The van der Waals surface area contributed by atoms with E-state index in [0.29, 0.717) is 28.7 Å². The van der Waals surface area contributed by atoms with Gasteiger partial charge in [0.05, 0.1) is 19.3 Å². The maximum atomic E-state index is 5.98. The van der Waals surface area contributed by atoms with Gasteiger partial charge in [-0.2, -0.15) is 0 Å². The molecule has 5 nitrogen and oxygen atoms in total. The molecule has 0 bridgehead atoms. The standard InChI is InChI=1S/C12H16ClN3O2/c1-17-10-11(13)14-6-15-12(10)16-8-4-5-18-9(8)7-2-3-7/h6-9H,2-5H2,1H3,(H,14,15,16). The highest BCUT2D eigenvalue weighted by molar-refractivity contribution is 6.31. The monoisotopic (exact) mass is 269 g/mol. The predicted octanol–water partition coefficient (Wildman–Crippen LogP) is 2.12. The SMILES string of the molecule is COc1c(Cl)ncnc1NC1CCOC1C1CC1. The summed E-state index contributed by atoms with van der Waals surface area (Å²) in [5.41, 5.74) is 0. The van der Waals surface area contributed by atoms with Crippen LogP contribution in [0.4, 0.5) is 5.82 Å². The van der Waals surface area contributed by atoms with Crippen LogP contribution in [0.1, 0.15) is 19.3 Å². The van der Waals surface area contributed by atoms with Crippen molar-refractivity contribution >= 4 is 17.4 Å². The third kappa shape index (κ3) is 2.24. The highest BCUT2D eigenvalue weighted by Crippen LogP contribution is 2.40. The second kappa shape index (κ2) is 4.90. The molecule has 2 atom stereocenters. The number of methoxy groups -OCH3 is 1. The summed E-state index contributed by atoms with van der Waals surface area (Å²) in [6.45, 7) is 0.806. The number of nitrogens with zero attached hydrogens (tertiary/aromatic N) is 2. The van der Waals surface area contributed by atoms with E-state index in [4.69, 9.17) is 21.1 Å². The van der Waals surface area contributed by atoms with Crippen molar-refractivity contribution in [1.29, 1.82) is 0 Å². The molecule has 1 aromatic heterocycles. The van der Waals surface area contributed by atoms with E-state index in [-0.39, 0.29) is 6.04 Å². The Morgan fingerprint density at radius 3 is 2.94 bits per heavy atom. The molecule has 2 unspecified atom stereocenters. The summed E-state index contributed by atoms with van der Waals surface area (Å²) >= 11 is 5.98. The van der Waals surface area contributed by atoms with Crippen LogP contribution in [-0.2, 0) is 4.74 Å². The van der Waals surface area contributed by atoms with Gasteiger partial charge in [-0.15, -0.1) is 0 Å². The van der Waals surface area contributed by atoms with E-state index in [2.05, 4.69) is 15.3 Å². The van der Waals surface area contributed by atoms with Crippen molar-refractivity contribution in [2.45, 2.75) is 31.4 Å². The number of halogens is 1. The topological polar surface area (TPSA) is 56.3 Å². The number of ether oxygens (including phenoxy) is 2. The van der Waals surface area contributed by atoms with Crippen LogP contribution in [0.3, 0.4) is 0 Å². The summed E-state index contributed by atoms with van der Waals surface area (Å²) in [5.74, 6) is 1.85. The molecule has 98 valence electrons. The molecule has 0 aromatic carbocycles. The Morgan fingerprint density at radius 2 is 2.22 bits per heavy atom. The average Bonchev–Trinajstić information content (AvgIpc) is 3.11. The zero-order valence-electron chi connectivity index (χ0n) is 10.2. The lowest BCUT2D eigenvalue weighted by molar-refractivity contribution is 0.0897. The molecule has 1 aliphatic carbocycles. The number of rotatable bonds is 4. The molecule has 2 aliphatic rings. The van der Waals surface area contributed by atoms with Crippen molar-refractivity contribution in [2.24, 2.45) is 5.92 Å². The Balaban J connectivity index is 1.77. The number of anilines is 1. The van der Waals surface area contributed by atoms with E-state index >= 15 is 0 Å². The molecule has 2 heterocycles.